The quantitative estimate of drug-likeness (QED) is 0.769. The van der Waals surface area contributed by atoms with Crippen molar-refractivity contribution in [2.24, 2.45) is 23.7 Å². The van der Waals surface area contributed by atoms with E-state index in [-0.39, 0.29) is 0 Å². The van der Waals surface area contributed by atoms with Crippen molar-refractivity contribution < 1.29 is 0 Å². The number of hydrogen-bond acceptors (Lipinski definition) is 1. The first-order valence-corrected chi connectivity index (χ1v) is 7.86. The Morgan fingerprint density at radius 3 is 2.68 bits per heavy atom. The van der Waals surface area contributed by atoms with Crippen LogP contribution in [0.25, 0.3) is 11.0 Å². The van der Waals surface area contributed by atoms with Crippen LogP contribution in [0.2, 0.25) is 0 Å². The summed E-state index contributed by atoms with van der Waals surface area (Å²) < 4.78 is 3.36. The van der Waals surface area contributed by atoms with Gasteiger partial charge in [0.25, 0.3) is 0 Å². The van der Waals surface area contributed by atoms with Crippen molar-refractivity contribution in [3.63, 3.8) is 0 Å². The van der Waals surface area contributed by atoms with E-state index in [1.807, 2.05) is 0 Å². The zero-order valence-corrected chi connectivity index (χ0v) is 11.9. The van der Waals surface area contributed by atoms with Crippen LogP contribution >= 0.6 is 12.2 Å². The zero-order valence-electron chi connectivity index (χ0n) is 11.1. The number of rotatable bonds is 1. The third kappa shape index (κ3) is 1.25. The van der Waals surface area contributed by atoms with Gasteiger partial charge in [-0.2, -0.15) is 0 Å². The third-order valence-electron chi connectivity index (χ3n) is 5.86. The number of fused-ring (bicyclic) bond motifs is 6. The van der Waals surface area contributed by atoms with Crippen molar-refractivity contribution >= 4 is 23.3 Å². The van der Waals surface area contributed by atoms with Gasteiger partial charge >= 0.3 is 0 Å². The highest BCUT2D eigenvalue weighted by atomic mass is 32.1. The highest BCUT2D eigenvalue weighted by Crippen LogP contribution is 2.71. The lowest BCUT2D eigenvalue weighted by Gasteiger charge is -2.11. The summed E-state index contributed by atoms with van der Waals surface area (Å²) in [4.78, 5) is 3.41. The molecule has 2 aromatic rings. The Kier molecular flexibility index (Phi) is 1.86. The summed E-state index contributed by atoms with van der Waals surface area (Å²) in [6.45, 7) is 2.14. The monoisotopic (exact) mass is 270 g/mol. The van der Waals surface area contributed by atoms with Gasteiger partial charge in [0.05, 0.1) is 11.0 Å². The summed E-state index contributed by atoms with van der Waals surface area (Å²) >= 11 is 5.60. The molecule has 3 saturated carbocycles. The lowest BCUT2D eigenvalue weighted by molar-refractivity contribution is 0.456. The van der Waals surface area contributed by atoms with Crippen LogP contribution in [-0.4, -0.2) is 9.55 Å². The molecule has 98 valence electrons. The van der Waals surface area contributed by atoms with Gasteiger partial charge in [0.1, 0.15) is 0 Å². The molecule has 3 fully saturated rings. The van der Waals surface area contributed by atoms with Gasteiger partial charge in [-0.05, 0) is 79.8 Å². The van der Waals surface area contributed by atoms with Gasteiger partial charge in [-0.1, -0.05) is 6.07 Å². The molecule has 2 nitrogen and oxygen atoms in total. The number of benzene rings is 1. The van der Waals surface area contributed by atoms with Crippen molar-refractivity contribution in [3.05, 3.63) is 28.5 Å². The molecule has 3 heteroatoms. The normalized spacial score (nSPS) is 38.9. The van der Waals surface area contributed by atoms with Crippen LogP contribution in [0.5, 0.6) is 0 Å². The van der Waals surface area contributed by atoms with Gasteiger partial charge in [0, 0.05) is 6.04 Å². The molecular weight excluding hydrogens is 252 g/mol. The fourth-order valence-electron chi connectivity index (χ4n) is 5.16. The molecule has 0 radical (unpaired) electrons. The van der Waals surface area contributed by atoms with E-state index in [0.717, 1.165) is 28.4 Å². The number of nitrogens with zero attached hydrogens (tertiary/aromatic N) is 1. The average molecular weight is 270 g/mol. The molecule has 1 heterocycles. The van der Waals surface area contributed by atoms with Gasteiger partial charge in [-0.3, -0.25) is 0 Å². The third-order valence-corrected chi connectivity index (χ3v) is 6.16. The molecule has 0 saturated heterocycles. The molecule has 4 atom stereocenters. The zero-order chi connectivity index (χ0) is 12.7. The van der Waals surface area contributed by atoms with Gasteiger partial charge in [-0.25, -0.2) is 0 Å². The average Bonchev–Trinajstić information content (AvgIpc) is 2.74. The van der Waals surface area contributed by atoms with Crippen LogP contribution in [-0.2, 0) is 0 Å². The van der Waals surface area contributed by atoms with Crippen LogP contribution in [0.4, 0.5) is 0 Å². The van der Waals surface area contributed by atoms with E-state index >= 15 is 0 Å². The van der Waals surface area contributed by atoms with Crippen molar-refractivity contribution in [2.75, 3.05) is 0 Å². The molecule has 5 rings (SSSR count). The number of aromatic amines is 1. The maximum absolute atomic E-state index is 5.60. The molecule has 3 aliphatic carbocycles. The topological polar surface area (TPSA) is 20.7 Å². The Bertz CT molecular complexity index is 725. The molecular formula is C16H18N2S. The smallest absolute Gasteiger partial charge is 0.178 e. The summed E-state index contributed by atoms with van der Waals surface area (Å²) in [6.07, 6.45) is 4.44. The Labute approximate surface area is 117 Å². The number of hydrogen-bond donors (Lipinski definition) is 1. The Morgan fingerprint density at radius 2 is 1.95 bits per heavy atom. The molecule has 2 bridgehead atoms. The van der Waals surface area contributed by atoms with Gasteiger partial charge in [0.2, 0.25) is 0 Å². The van der Waals surface area contributed by atoms with Crippen LogP contribution < -0.4 is 0 Å². The van der Waals surface area contributed by atoms with Crippen molar-refractivity contribution in [3.8, 4) is 0 Å². The summed E-state index contributed by atoms with van der Waals surface area (Å²) in [5.41, 5.74) is 3.82. The first-order chi connectivity index (χ1) is 9.24. The SMILES string of the molecule is Cc1ccc2c(c1)[nH]c(=S)n2C1C2C3CCC(C3)C21. The Balaban J connectivity index is 1.67. The maximum Gasteiger partial charge on any atom is 0.178 e. The molecule has 1 aromatic carbocycles. The van der Waals surface area contributed by atoms with Crippen molar-refractivity contribution in [1.82, 2.24) is 9.55 Å². The van der Waals surface area contributed by atoms with Gasteiger partial charge < -0.3 is 9.55 Å². The van der Waals surface area contributed by atoms with E-state index in [2.05, 4.69) is 34.7 Å². The summed E-state index contributed by atoms with van der Waals surface area (Å²) in [6, 6.07) is 7.37. The highest BCUT2D eigenvalue weighted by Gasteiger charge is 2.66. The lowest BCUT2D eigenvalue weighted by atomic mass is 10.0. The standard InChI is InChI=1S/C16H18N2S/c1-8-2-5-12-11(6-8)17-16(19)18(12)15-13-9-3-4-10(7-9)14(13)15/h2,5-6,9-10,13-15H,3-4,7H2,1H3,(H,17,19). The van der Waals surface area contributed by atoms with E-state index < -0.39 is 0 Å². The van der Waals surface area contributed by atoms with Crippen molar-refractivity contribution in [1.29, 1.82) is 0 Å². The summed E-state index contributed by atoms with van der Waals surface area (Å²) in [7, 11) is 0. The van der Waals surface area contributed by atoms with E-state index in [0.29, 0.717) is 6.04 Å². The second-order valence-electron chi connectivity index (χ2n) is 6.80. The minimum Gasteiger partial charge on any atom is -0.331 e. The van der Waals surface area contributed by atoms with Crippen molar-refractivity contribution in [2.45, 2.75) is 32.2 Å². The predicted octanol–water partition coefficient (Wildman–Crippen LogP) is 4.22. The Morgan fingerprint density at radius 1 is 1.21 bits per heavy atom. The second-order valence-corrected chi connectivity index (χ2v) is 7.19. The number of imidazole rings is 1. The van der Waals surface area contributed by atoms with Gasteiger partial charge in [0.15, 0.2) is 4.77 Å². The fourth-order valence-corrected chi connectivity index (χ4v) is 5.49. The largest absolute Gasteiger partial charge is 0.331 e. The highest BCUT2D eigenvalue weighted by molar-refractivity contribution is 7.71. The predicted molar refractivity (Wildman–Crippen MR) is 78.7 cm³/mol. The molecule has 0 aliphatic heterocycles. The molecule has 0 amide bonds. The van der Waals surface area contributed by atoms with E-state index in [1.165, 1.54) is 35.9 Å². The molecule has 1 aromatic heterocycles. The lowest BCUT2D eigenvalue weighted by Crippen LogP contribution is -2.04. The molecule has 4 unspecified atom stereocenters. The van der Waals surface area contributed by atoms with Crippen LogP contribution in [0.15, 0.2) is 18.2 Å². The van der Waals surface area contributed by atoms with E-state index in [1.54, 1.807) is 0 Å². The molecule has 19 heavy (non-hydrogen) atoms. The second kappa shape index (κ2) is 3.32. The fraction of sp³-hybridized carbons (Fsp3) is 0.562. The molecule has 3 aliphatic rings. The summed E-state index contributed by atoms with van der Waals surface area (Å²) in [5.74, 6) is 3.87. The minimum atomic E-state index is 0.704. The van der Waals surface area contributed by atoms with E-state index in [4.69, 9.17) is 12.2 Å². The number of aryl methyl sites for hydroxylation is 1. The van der Waals surface area contributed by atoms with Crippen LogP contribution in [0, 0.1) is 35.4 Å². The maximum atomic E-state index is 5.60. The molecule has 0 spiro atoms. The minimum absolute atomic E-state index is 0.704. The first kappa shape index (κ1) is 10.7. The van der Waals surface area contributed by atoms with E-state index in [9.17, 15) is 0 Å². The summed E-state index contributed by atoms with van der Waals surface area (Å²) in [5, 5.41) is 0. The van der Waals surface area contributed by atoms with Gasteiger partial charge in [-0.15, -0.1) is 0 Å². The number of nitrogens with one attached hydrogen (secondary N) is 1. The number of H-pyrrole nitrogens is 1. The Hall–Kier alpha value is -1.09. The van der Waals surface area contributed by atoms with Crippen LogP contribution in [0.3, 0.4) is 0 Å². The van der Waals surface area contributed by atoms with Crippen LogP contribution in [0.1, 0.15) is 30.9 Å². The first-order valence-electron chi connectivity index (χ1n) is 7.45. The number of aromatic nitrogens is 2. The molecule has 1 N–H and O–H groups in total.